The molecule has 0 atom stereocenters. The predicted molar refractivity (Wildman–Crippen MR) is 612 cm³/mol. The topological polar surface area (TPSA) is 52.5 Å². The Kier molecular flexibility index (Phi) is 17.7. The molecule has 33 rings (SSSR count). The summed E-state index contributed by atoms with van der Waals surface area (Å²) in [6, 6.07) is 167. The van der Waals surface area contributed by atoms with E-state index in [9.17, 15) is 0 Å². The smallest absolute Gasteiger partial charge is 0.252 e. The first-order valence-corrected chi connectivity index (χ1v) is 52.0. The van der Waals surface area contributed by atoms with Crippen LogP contribution < -0.4 is 59.0 Å². The molecule has 25 aromatic rings. The highest BCUT2D eigenvalue weighted by Gasteiger charge is 2.54. The highest BCUT2D eigenvalue weighted by atomic mass is 32.1. The molecule has 0 N–H and O–H groups in total. The van der Waals surface area contributed by atoms with Gasteiger partial charge in [0.25, 0.3) is 20.1 Å². The van der Waals surface area contributed by atoms with Crippen molar-refractivity contribution in [2.75, 3.05) is 9.80 Å². The Morgan fingerprint density at radius 2 is 0.462 bits per heavy atom. The molecule has 12 heterocycles. The van der Waals surface area contributed by atoms with E-state index in [0.717, 1.165) is 44.4 Å². The number of aromatic nitrogens is 4. The molecule has 8 aliphatic rings. The number of benzene rings is 21. The Bertz CT molecular complexity index is 9070. The van der Waals surface area contributed by atoms with Gasteiger partial charge in [0.2, 0.25) is 0 Å². The number of fused-ring (bicyclic) bond motifs is 30. The van der Waals surface area contributed by atoms with Crippen LogP contribution in [0.5, 0.6) is 0 Å². The van der Waals surface area contributed by atoms with Gasteiger partial charge in [-0.15, -0.1) is 22.7 Å². The summed E-state index contributed by atoms with van der Waals surface area (Å²) in [5.41, 5.74) is 57.4. The Morgan fingerprint density at radius 3 is 0.807 bits per heavy atom. The van der Waals surface area contributed by atoms with Crippen LogP contribution >= 0.6 is 22.7 Å². The van der Waals surface area contributed by atoms with Crippen molar-refractivity contribution in [2.45, 2.75) is 38.5 Å². The van der Waals surface area contributed by atoms with Gasteiger partial charge in [-0.3, -0.25) is 0 Å². The van der Waals surface area contributed by atoms with E-state index in [1.54, 1.807) is 0 Å². The Balaban J connectivity index is 0.0000000991. The Hall–Kier alpha value is -17.3. The number of hydrogen-bond donors (Lipinski definition) is 0. The molecule has 13 heteroatoms. The van der Waals surface area contributed by atoms with Crippen LogP contribution in [0.4, 0.5) is 34.1 Å². The summed E-state index contributed by atoms with van der Waals surface area (Å²) in [7, 11) is 0. The largest absolute Gasteiger partial charge is 0.453 e. The van der Waals surface area contributed by atoms with Crippen LogP contribution in [0, 0.1) is 0 Å². The van der Waals surface area contributed by atoms with Crippen molar-refractivity contribution in [2.24, 2.45) is 0 Å². The highest BCUT2D eigenvalue weighted by molar-refractivity contribution is 7.27. The molecule has 8 aliphatic heterocycles. The number of rotatable bonds is 6. The zero-order valence-corrected chi connectivity index (χ0v) is 81.5. The normalized spacial score (nSPS) is 13.8. The van der Waals surface area contributed by atoms with Gasteiger partial charge in [0.05, 0.1) is 74.3 Å². The van der Waals surface area contributed by atoms with Crippen molar-refractivity contribution in [3.8, 4) is 89.5 Å². The van der Waals surface area contributed by atoms with E-state index >= 15 is 0 Å². The monoisotopic (exact) mass is 1880 g/mol. The summed E-state index contributed by atoms with van der Waals surface area (Å²) in [5, 5.41) is 0. The average Bonchev–Trinajstić information content (AvgIpc) is 0.661. The van der Waals surface area contributed by atoms with Gasteiger partial charge in [-0.1, -0.05) is 367 Å². The zero-order chi connectivity index (χ0) is 95.5. The van der Waals surface area contributed by atoms with E-state index in [-0.39, 0.29) is 31.0 Å². The van der Waals surface area contributed by atoms with E-state index in [1.807, 2.05) is 34.8 Å². The molecule has 0 saturated heterocycles. The van der Waals surface area contributed by atoms with Gasteiger partial charge in [0.15, 0.2) is 22.3 Å². The van der Waals surface area contributed by atoms with Crippen LogP contribution in [0.3, 0.4) is 0 Å². The lowest BCUT2D eigenvalue weighted by Gasteiger charge is -2.53. The lowest BCUT2D eigenvalue weighted by atomic mass is 9.32. The van der Waals surface area contributed by atoms with Crippen LogP contribution in [0.15, 0.2) is 464 Å². The summed E-state index contributed by atoms with van der Waals surface area (Å²) in [4.78, 5) is 5.23. The molecule has 145 heavy (non-hydrogen) atoms. The first kappa shape index (κ1) is 82.4. The van der Waals surface area contributed by atoms with E-state index in [1.165, 1.54) is 236 Å². The van der Waals surface area contributed by atoms with Crippen molar-refractivity contribution >= 4 is 211 Å². The van der Waals surface area contributed by atoms with Crippen LogP contribution in [0.1, 0.15) is 49.9 Å². The van der Waals surface area contributed by atoms with Crippen LogP contribution in [-0.4, -0.2) is 38.4 Å². The number of hydrogen-bond acceptors (Lipinski definition) is 6. The lowest BCUT2D eigenvalue weighted by Crippen LogP contribution is -2.63. The highest BCUT2D eigenvalue weighted by Crippen LogP contribution is 2.61. The lowest BCUT2D eigenvalue weighted by molar-refractivity contribution is 0.609. The predicted octanol–water partition coefficient (Wildman–Crippen LogP) is 28.7. The van der Waals surface area contributed by atoms with E-state index < -0.39 is 0 Å². The second-order valence-corrected chi connectivity index (χ2v) is 42.9. The number of nitrogens with zero attached hydrogens (tertiary/aromatic N) is 6. The number of para-hydroxylation sites is 8. The van der Waals surface area contributed by atoms with Gasteiger partial charge in [-0.25, -0.2) is 0 Å². The molecule has 0 spiro atoms. The van der Waals surface area contributed by atoms with Gasteiger partial charge in [-0.2, -0.15) is 0 Å². The molecule has 0 saturated carbocycles. The number of anilines is 6. The first-order chi connectivity index (χ1) is 71.5. The van der Waals surface area contributed by atoms with Gasteiger partial charge in [-0.05, 0) is 247 Å². The quantitative estimate of drug-likeness (QED) is 0.123. The molecule has 0 bridgehead atoms. The van der Waals surface area contributed by atoms with Crippen LogP contribution in [0.2, 0.25) is 0 Å². The fraction of sp³-hybridized carbons (Fsp3) is 0.0455. The van der Waals surface area contributed by atoms with E-state index in [2.05, 4.69) is 499 Å². The summed E-state index contributed by atoms with van der Waals surface area (Å²) in [6.07, 6.45) is 0. The molecule has 21 aromatic carbocycles. The molecule has 4 aromatic heterocycles. The van der Waals surface area contributed by atoms with Crippen molar-refractivity contribution in [1.29, 1.82) is 0 Å². The van der Waals surface area contributed by atoms with Gasteiger partial charge in [0, 0.05) is 62.4 Å². The zero-order valence-electron chi connectivity index (χ0n) is 79.8. The molecule has 0 aliphatic carbocycles. The first-order valence-electron chi connectivity index (χ1n) is 50.3. The second-order valence-electron chi connectivity index (χ2n) is 40.8. The fourth-order valence-electron chi connectivity index (χ4n) is 26.0. The van der Waals surface area contributed by atoms with Gasteiger partial charge in [0.1, 0.15) is 0 Å². The minimum absolute atomic E-state index is 0.0498. The van der Waals surface area contributed by atoms with Gasteiger partial charge >= 0.3 is 0 Å². The van der Waals surface area contributed by atoms with Crippen LogP contribution in [0.25, 0.3) is 175 Å². The third kappa shape index (κ3) is 11.9. The Labute approximate surface area is 847 Å². The fourth-order valence-corrected chi connectivity index (χ4v) is 28.3. The maximum Gasteiger partial charge on any atom is 0.252 e. The van der Waals surface area contributed by atoms with Crippen molar-refractivity contribution in [3.63, 3.8) is 0 Å². The summed E-state index contributed by atoms with van der Waals surface area (Å²) in [5.74, 6) is 0. The third-order valence-electron chi connectivity index (χ3n) is 32.4. The SMILES string of the molecule is CC1(C)c2ccccc2N2c3ccc(-c4ccccc4)cc3B3c4cc(-c5ccccc5)ccc4N4c5ccccc5C(C)(C)c5cc1c2c3c54.c1ccc(-c2ccc3c(c2)B2c4cc(-c5ccccc5)ccc4-n4c5ccccc5oc5cc6oc7ccccc7n-3c6c2c54)cc1.c1ccc(-c2ccc3c(c2)B2c4cc(-c5ccccc5)ccc4-n4c5ccccc5sc5cc6sc7ccccc7n-3c6c2c54)cc1. The molecule has 0 fully saturated rings. The molecule has 0 unspecified atom stereocenters. The van der Waals surface area contributed by atoms with Gasteiger partial charge < -0.3 is 36.9 Å². The van der Waals surface area contributed by atoms with Crippen LogP contribution in [-0.2, 0) is 10.8 Å². The molecular weight excluding hydrogens is 1800 g/mol. The summed E-state index contributed by atoms with van der Waals surface area (Å²) < 4.78 is 28.7. The molecular formula is C132H87B3N6O2S2. The van der Waals surface area contributed by atoms with Crippen molar-refractivity contribution < 1.29 is 8.83 Å². The minimum atomic E-state index is -0.190. The molecule has 678 valence electrons. The van der Waals surface area contributed by atoms with Crippen molar-refractivity contribution in [1.82, 2.24) is 18.3 Å². The average molecular weight is 1890 g/mol. The van der Waals surface area contributed by atoms with E-state index in [0.29, 0.717) is 0 Å². The third-order valence-corrected chi connectivity index (χ3v) is 34.6. The standard InChI is InChI=1S/C48H37BN2.C42H25BN2O2.C42H25BN2S2/c1-47(2)34-19-11-13-21-40(34)50-42-25-23-32(30-15-7-5-8-16-30)27-38(42)49-39-28-33(31-17-9-6-10-18-31)24-26-43(39)51-41-22-14-12-20-35(41)48(3,4)37-29-36(47)45(50)44(49)46(37)51;2*1-3-11-26(12-4-1)28-19-21-32-30(23-28)43-31-24-29(27-13-5-2-6-14-27)20-22-33(31)45-35-16-8-10-18-37(35)47-39-25-38-41(40(43)42(39)45)44(32)34-15-7-9-17-36(34)46-38/h5-29H,1-4H3;2*1-25H. The maximum atomic E-state index is 6.73. The second kappa shape index (κ2) is 31.1. The molecule has 8 nitrogen and oxygen atoms in total. The minimum Gasteiger partial charge on any atom is -0.453 e. The molecule has 0 radical (unpaired) electrons. The summed E-state index contributed by atoms with van der Waals surface area (Å²) >= 11 is 3.83. The van der Waals surface area contributed by atoms with Crippen molar-refractivity contribution in [3.05, 3.63) is 477 Å². The molecule has 0 amide bonds. The summed E-state index contributed by atoms with van der Waals surface area (Å²) in [6.45, 7) is 9.82. The Morgan fingerprint density at radius 1 is 0.193 bits per heavy atom. The van der Waals surface area contributed by atoms with E-state index in [4.69, 9.17) is 8.83 Å². The maximum absolute atomic E-state index is 6.73.